The molecular formula is C13H9N3. The highest BCUT2D eigenvalue weighted by Crippen LogP contribution is 2.24. The molecule has 0 saturated heterocycles. The highest BCUT2D eigenvalue weighted by atomic mass is 15.1. The predicted molar refractivity (Wildman–Crippen MR) is 62.8 cm³/mol. The largest absolute Gasteiger partial charge is 0.256 e. The van der Waals surface area contributed by atoms with Crippen LogP contribution in [0.4, 0.5) is 0 Å². The van der Waals surface area contributed by atoms with Crippen LogP contribution in [0.5, 0.6) is 0 Å². The molecule has 3 aromatic rings. The minimum atomic E-state index is 0.952. The van der Waals surface area contributed by atoms with E-state index in [-0.39, 0.29) is 0 Å². The monoisotopic (exact) mass is 207 g/mol. The molecule has 1 aromatic carbocycles. The maximum atomic E-state index is 4.41. The van der Waals surface area contributed by atoms with Gasteiger partial charge in [0.1, 0.15) is 0 Å². The minimum Gasteiger partial charge on any atom is -0.256 e. The highest BCUT2D eigenvalue weighted by molar-refractivity contribution is 5.94. The van der Waals surface area contributed by atoms with Crippen molar-refractivity contribution in [2.75, 3.05) is 0 Å². The van der Waals surface area contributed by atoms with Crippen LogP contribution in [-0.2, 0) is 0 Å². The SMILES string of the molecule is c1ccc2c(-c3ccnnc3)nccc2c1. The van der Waals surface area contributed by atoms with Crippen LogP contribution in [0.25, 0.3) is 22.0 Å². The van der Waals surface area contributed by atoms with E-state index in [2.05, 4.69) is 27.3 Å². The lowest BCUT2D eigenvalue weighted by Crippen LogP contribution is -1.87. The second-order valence-corrected chi connectivity index (χ2v) is 3.51. The van der Waals surface area contributed by atoms with E-state index >= 15 is 0 Å². The van der Waals surface area contributed by atoms with E-state index in [1.807, 2.05) is 30.5 Å². The summed E-state index contributed by atoms with van der Waals surface area (Å²) in [6.07, 6.45) is 5.23. The van der Waals surface area contributed by atoms with Crippen molar-refractivity contribution >= 4 is 10.8 Å². The van der Waals surface area contributed by atoms with Gasteiger partial charge in [-0.1, -0.05) is 24.3 Å². The van der Waals surface area contributed by atoms with E-state index in [0.29, 0.717) is 0 Å². The summed E-state index contributed by atoms with van der Waals surface area (Å²) < 4.78 is 0. The molecule has 3 rings (SSSR count). The first-order chi connectivity index (χ1) is 7.95. The summed E-state index contributed by atoms with van der Waals surface area (Å²) in [5.74, 6) is 0. The predicted octanol–water partition coefficient (Wildman–Crippen LogP) is 2.69. The second kappa shape index (κ2) is 3.70. The lowest BCUT2D eigenvalue weighted by atomic mass is 10.1. The van der Waals surface area contributed by atoms with Crippen LogP contribution in [0.15, 0.2) is 55.0 Å². The summed E-state index contributed by atoms with van der Waals surface area (Å²) in [6.45, 7) is 0. The maximum absolute atomic E-state index is 4.41. The molecule has 2 aromatic heterocycles. The van der Waals surface area contributed by atoms with Crippen molar-refractivity contribution in [2.45, 2.75) is 0 Å². The third-order valence-corrected chi connectivity index (χ3v) is 2.53. The zero-order valence-electron chi connectivity index (χ0n) is 8.54. The van der Waals surface area contributed by atoms with E-state index in [1.165, 1.54) is 5.39 Å². The van der Waals surface area contributed by atoms with Gasteiger partial charge in [-0.3, -0.25) is 4.98 Å². The van der Waals surface area contributed by atoms with Crippen molar-refractivity contribution < 1.29 is 0 Å². The lowest BCUT2D eigenvalue weighted by molar-refractivity contribution is 1.03. The van der Waals surface area contributed by atoms with Gasteiger partial charge in [-0.2, -0.15) is 10.2 Å². The standard InChI is InChI=1S/C13H9N3/c1-2-4-12-10(3-1)5-7-14-13(12)11-6-8-15-16-9-11/h1-9H. The molecule has 0 radical (unpaired) electrons. The molecule has 76 valence electrons. The number of nitrogens with zero attached hydrogens (tertiary/aromatic N) is 3. The van der Waals surface area contributed by atoms with Gasteiger partial charge in [0.15, 0.2) is 0 Å². The average Bonchev–Trinajstić information content (AvgIpc) is 2.39. The average molecular weight is 207 g/mol. The van der Waals surface area contributed by atoms with E-state index in [0.717, 1.165) is 16.6 Å². The summed E-state index contributed by atoms with van der Waals surface area (Å²) in [5, 5.41) is 9.97. The van der Waals surface area contributed by atoms with Crippen molar-refractivity contribution in [3.8, 4) is 11.3 Å². The fourth-order valence-corrected chi connectivity index (χ4v) is 1.78. The van der Waals surface area contributed by atoms with Gasteiger partial charge in [0.25, 0.3) is 0 Å². The number of fused-ring (bicyclic) bond motifs is 1. The molecule has 0 amide bonds. The maximum Gasteiger partial charge on any atom is 0.0796 e. The van der Waals surface area contributed by atoms with Crippen LogP contribution >= 0.6 is 0 Å². The molecule has 0 spiro atoms. The molecule has 3 heteroatoms. The van der Waals surface area contributed by atoms with Gasteiger partial charge in [0.2, 0.25) is 0 Å². The van der Waals surface area contributed by atoms with E-state index in [9.17, 15) is 0 Å². The molecule has 0 atom stereocenters. The number of benzene rings is 1. The molecule has 0 saturated carbocycles. The summed E-state index contributed by atoms with van der Waals surface area (Å²) in [6, 6.07) is 12.1. The Hall–Kier alpha value is -2.29. The van der Waals surface area contributed by atoms with Crippen LogP contribution < -0.4 is 0 Å². The van der Waals surface area contributed by atoms with Crippen LogP contribution in [0.1, 0.15) is 0 Å². The van der Waals surface area contributed by atoms with Gasteiger partial charge >= 0.3 is 0 Å². The third-order valence-electron chi connectivity index (χ3n) is 2.53. The van der Waals surface area contributed by atoms with Crippen molar-refractivity contribution in [3.63, 3.8) is 0 Å². The Kier molecular flexibility index (Phi) is 2.07. The van der Waals surface area contributed by atoms with Crippen LogP contribution in [-0.4, -0.2) is 15.2 Å². The number of aromatic nitrogens is 3. The van der Waals surface area contributed by atoms with Gasteiger partial charge in [0.05, 0.1) is 18.1 Å². The molecule has 0 aliphatic heterocycles. The Balaban J connectivity index is 2.32. The molecule has 0 N–H and O–H groups in total. The van der Waals surface area contributed by atoms with Crippen LogP contribution in [0, 0.1) is 0 Å². The van der Waals surface area contributed by atoms with Gasteiger partial charge in [-0.15, -0.1) is 0 Å². The quantitative estimate of drug-likeness (QED) is 0.615. The summed E-state index contributed by atoms with van der Waals surface area (Å²) in [5.41, 5.74) is 1.94. The topological polar surface area (TPSA) is 38.7 Å². The van der Waals surface area contributed by atoms with Crippen LogP contribution in [0.2, 0.25) is 0 Å². The normalized spacial score (nSPS) is 10.5. The highest BCUT2D eigenvalue weighted by Gasteiger charge is 2.03. The molecule has 0 fully saturated rings. The van der Waals surface area contributed by atoms with Crippen molar-refractivity contribution in [1.82, 2.24) is 15.2 Å². The van der Waals surface area contributed by atoms with E-state index < -0.39 is 0 Å². The summed E-state index contributed by atoms with van der Waals surface area (Å²) in [4.78, 5) is 4.41. The Morgan fingerprint density at radius 1 is 0.812 bits per heavy atom. The number of pyridine rings is 1. The third kappa shape index (κ3) is 1.42. The smallest absolute Gasteiger partial charge is 0.0796 e. The molecule has 3 nitrogen and oxygen atoms in total. The number of hydrogen-bond donors (Lipinski definition) is 0. The molecule has 16 heavy (non-hydrogen) atoms. The Labute approximate surface area is 92.8 Å². The van der Waals surface area contributed by atoms with Crippen molar-refractivity contribution in [2.24, 2.45) is 0 Å². The molecular weight excluding hydrogens is 198 g/mol. The van der Waals surface area contributed by atoms with E-state index in [4.69, 9.17) is 0 Å². The van der Waals surface area contributed by atoms with Crippen molar-refractivity contribution in [3.05, 3.63) is 55.0 Å². The minimum absolute atomic E-state index is 0.952. The first kappa shape index (κ1) is 8.97. The van der Waals surface area contributed by atoms with Gasteiger partial charge in [-0.05, 0) is 17.5 Å². The molecule has 2 heterocycles. The zero-order chi connectivity index (χ0) is 10.8. The second-order valence-electron chi connectivity index (χ2n) is 3.51. The van der Waals surface area contributed by atoms with Crippen LogP contribution in [0.3, 0.4) is 0 Å². The summed E-state index contributed by atoms with van der Waals surface area (Å²) in [7, 11) is 0. The summed E-state index contributed by atoms with van der Waals surface area (Å²) >= 11 is 0. The first-order valence-electron chi connectivity index (χ1n) is 5.06. The van der Waals surface area contributed by atoms with E-state index in [1.54, 1.807) is 12.4 Å². The Morgan fingerprint density at radius 2 is 1.75 bits per heavy atom. The van der Waals surface area contributed by atoms with Gasteiger partial charge < -0.3 is 0 Å². The first-order valence-corrected chi connectivity index (χ1v) is 5.06. The fraction of sp³-hybridized carbons (Fsp3) is 0. The lowest BCUT2D eigenvalue weighted by Gasteiger charge is -2.04. The molecule has 0 aliphatic rings. The van der Waals surface area contributed by atoms with Crippen molar-refractivity contribution in [1.29, 1.82) is 0 Å². The van der Waals surface area contributed by atoms with Gasteiger partial charge in [-0.25, -0.2) is 0 Å². The molecule has 0 bridgehead atoms. The Bertz CT molecular complexity index is 615. The zero-order valence-corrected chi connectivity index (χ0v) is 8.54. The number of hydrogen-bond acceptors (Lipinski definition) is 3. The fourth-order valence-electron chi connectivity index (χ4n) is 1.78. The number of rotatable bonds is 1. The molecule has 0 aliphatic carbocycles. The Morgan fingerprint density at radius 3 is 2.62 bits per heavy atom. The van der Waals surface area contributed by atoms with Gasteiger partial charge in [0, 0.05) is 17.1 Å². The molecule has 0 unspecified atom stereocenters.